The van der Waals surface area contributed by atoms with Crippen LogP contribution in [0, 0.1) is 11.6 Å². The van der Waals surface area contributed by atoms with E-state index in [-0.39, 0.29) is 16.6 Å². The molecule has 0 heterocycles. The average Bonchev–Trinajstić information content (AvgIpc) is 2.12. The summed E-state index contributed by atoms with van der Waals surface area (Å²) >= 11 is 2.98. The number of benzene rings is 1. The molecule has 0 unspecified atom stereocenters. The maximum atomic E-state index is 13.5. The molecule has 0 amide bonds. The molecule has 1 aromatic rings. The first-order valence-electron chi connectivity index (χ1n) is 4.15. The van der Waals surface area contributed by atoms with Crippen molar-refractivity contribution in [2.75, 3.05) is 6.61 Å². The fraction of sp³-hybridized carbons (Fsp3) is 0.400. The molecule has 14 heavy (non-hydrogen) atoms. The Bertz CT molecular complexity index is 350. The zero-order chi connectivity index (χ0) is 10.9. The van der Waals surface area contributed by atoms with E-state index in [9.17, 15) is 8.78 Å². The van der Waals surface area contributed by atoms with Crippen molar-refractivity contribution in [3.8, 4) is 0 Å². The minimum absolute atomic E-state index is 0.0885. The third-order valence-electron chi connectivity index (χ3n) is 2.12. The maximum Gasteiger partial charge on any atom is 0.144 e. The second kappa shape index (κ2) is 3.95. The van der Waals surface area contributed by atoms with Crippen LogP contribution >= 0.6 is 15.9 Å². The molecule has 78 valence electrons. The van der Waals surface area contributed by atoms with Crippen molar-refractivity contribution in [1.82, 2.24) is 0 Å². The number of hydrogen-bond acceptors (Lipinski definition) is 1. The summed E-state index contributed by atoms with van der Waals surface area (Å²) in [7, 11) is 0. The highest BCUT2D eigenvalue weighted by Gasteiger charge is 2.28. The summed E-state index contributed by atoms with van der Waals surface area (Å²) in [6.07, 6.45) is 0. The summed E-state index contributed by atoms with van der Waals surface area (Å²) in [5.41, 5.74) is -1.01. The molecule has 0 bridgehead atoms. The van der Waals surface area contributed by atoms with Gasteiger partial charge in [0.25, 0.3) is 0 Å². The first-order chi connectivity index (χ1) is 6.40. The summed E-state index contributed by atoms with van der Waals surface area (Å²) < 4.78 is 27.1. The van der Waals surface area contributed by atoms with Gasteiger partial charge in [-0.05, 0) is 28.1 Å². The molecule has 0 spiro atoms. The summed E-state index contributed by atoms with van der Waals surface area (Å²) in [6.45, 7) is 2.86. The van der Waals surface area contributed by atoms with Crippen molar-refractivity contribution < 1.29 is 13.9 Å². The van der Waals surface area contributed by atoms with Crippen LogP contribution in [0.4, 0.5) is 8.78 Å². The second-order valence-corrected chi connectivity index (χ2v) is 4.61. The molecule has 0 atom stereocenters. The van der Waals surface area contributed by atoms with E-state index in [1.54, 1.807) is 13.8 Å². The topological polar surface area (TPSA) is 20.2 Å². The minimum atomic E-state index is -0.919. The third-order valence-corrected chi connectivity index (χ3v) is 2.73. The Labute approximate surface area is 89.9 Å². The molecule has 0 aromatic heterocycles. The fourth-order valence-electron chi connectivity index (χ4n) is 1.23. The van der Waals surface area contributed by atoms with Gasteiger partial charge in [-0.3, -0.25) is 0 Å². The Morgan fingerprint density at radius 3 is 2.43 bits per heavy atom. The van der Waals surface area contributed by atoms with Crippen molar-refractivity contribution in [2.45, 2.75) is 19.3 Å². The van der Waals surface area contributed by atoms with Gasteiger partial charge in [0.05, 0.1) is 11.1 Å². The van der Waals surface area contributed by atoms with Gasteiger partial charge in [-0.1, -0.05) is 13.8 Å². The molecular weight excluding hydrogens is 254 g/mol. The molecule has 0 saturated heterocycles. The molecule has 1 rings (SSSR count). The first-order valence-corrected chi connectivity index (χ1v) is 4.94. The number of rotatable bonds is 2. The van der Waals surface area contributed by atoms with Crippen LogP contribution in [-0.4, -0.2) is 11.7 Å². The van der Waals surface area contributed by atoms with Crippen molar-refractivity contribution in [3.63, 3.8) is 0 Å². The maximum absolute atomic E-state index is 13.5. The Morgan fingerprint density at radius 1 is 1.36 bits per heavy atom. The van der Waals surface area contributed by atoms with Gasteiger partial charge in [0.15, 0.2) is 0 Å². The van der Waals surface area contributed by atoms with Crippen LogP contribution < -0.4 is 0 Å². The van der Waals surface area contributed by atoms with Crippen LogP contribution in [0.3, 0.4) is 0 Å². The van der Waals surface area contributed by atoms with Crippen LogP contribution in [0.5, 0.6) is 0 Å². The van der Waals surface area contributed by atoms with E-state index < -0.39 is 17.0 Å². The van der Waals surface area contributed by atoms with E-state index in [0.29, 0.717) is 0 Å². The largest absolute Gasteiger partial charge is 0.395 e. The lowest BCUT2D eigenvalue weighted by molar-refractivity contribution is 0.210. The Hall–Kier alpha value is -0.480. The van der Waals surface area contributed by atoms with Gasteiger partial charge in [-0.25, -0.2) is 8.78 Å². The number of hydrogen-bond donors (Lipinski definition) is 1. The summed E-state index contributed by atoms with van der Waals surface area (Å²) in [5, 5.41) is 9.04. The predicted molar refractivity (Wildman–Crippen MR) is 54.2 cm³/mol. The average molecular weight is 265 g/mol. The zero-order valence-electron chi connectivity index (χ0n) is 7.94. The van der Waals surface area contributed by atoms with Gasteiger partial charge in [0, 0.05) is 11.0 Å². The van der Waals surface area contributed by atoms with E-state index in [1.165, 1.54) is 12.1 Å². The van der Waals surface area contributed by atoms with Crippen LogP contribution in [0.1, 0.15) is 19.4 Å². The van der Waals surface area contributed by atoms with Crippen LogP contribution in [0.15, 0.2) is 16.6 Å². The lowest BCUT2D eigenvalue weighted by atomic mass is 9.85. The van der Waals surface area contributed by atoms with E-state index >= 15 is 0 Å². The van der Waals surface area contributed by atoms with Crippen LogP contribution in [0.25, 0.3) is 0 Å². The number of halogens is 3. The number of aliphatic hydroxyl groups is 1. The van der Waals surface area contributed by atoms with Gasteiger partial charge in [-0.2, -0.15) is 0 Å². The second-order valence-electron chi connectivity index (χ2n) is 3.76. The van der Waals surface area contributed by atoms with Gasteiger partial charge in [0.2, 0.25) is 0 Å². The molecule has 0 saturated carbocycles. The SMILES string of the molecule is CC(C)(CO)c1c(F)ccc(Br)c1F. The van der Waals surface area contributed by atoms with E-state index in [0.717, 1.165) is 0 Å². The molecule has 0 radical (unpaired) electrons. The summed E-state index contributed by atoms with van der Waals surface area (Å²) in [4.78, 5) is 0. The summed E-state index contributed by atoms with van der Waals surface area (Å²) in [5.74, 6) is -1.28. The van der Waals surface area contributed by atoms with Crippen LogP contribution in [-0.2, 0) is 5.41 Å². The molecule has 0 aliphatic carbocycles. The highest BCUT2D eigenvalue weighted by molar-refractivity contribution is 9.10. The monoisotopic (exact) mass is 264 g/mol. The Morgan fingerprint density at radius 2 is 1.93 bits per heavy atom. The van der Waals surface area contributed by atoms with Crippen LogP contribution in [0.2, 0.25) is 0 Å². The van der Waals surface area contributed by atoms with Gasteiger partial charge in [0.1, 0.15) is 11.6 Å². The Kier molecular flexibility index (Phi) is 3.27. The highest BCUT2D eigenvalue weighted by Crippen LogP contribution is 2.31. The molecule has 1 aromatic carbocycles. The van der Waals surface area contributed by atoms with Gasteiger partial charge < -0.3 is 5.11 Å². The van der Waals surface area contributed by atoms with E-state index in [4.69, 9.17) is 5.11 Å². The third kappa shape index (κ3) is 1.96. The van der Waals surface area contributed by atoms with Gasteiger partial charge in [-0.15, -0.1) is 0 Å². The lowest BCUT2D eigenvalue weighted by Gasteiger charge is -2.23. The quantitative estimate of drug-likeness (QED) is 0.815. The first kappa shape index (κ1) is 11.6. The minimum Gasteiger partial charge on any atom is -0.395 e. The van der Waals surface area contributed by atoms with Crippen molar-refractivity contribution in [2.24, 2.45) is 0 Å². The van der Waals surface area contributed by atoms with Crippen molar-refractivity contribution in [1.29, 1.82) is 0 Å². The molecular formula is C10H11BrF2O. The van der Waals surface area contributed by atoms with E-state index in [1.807, 2.05) is 0 Å². The molecule has 1 N–H and O–H groups in total. The molecule has 0 aliphatic heterocycles. The standard InChI is InChI=1S/C10H11BrF2O/c1-10(2,5-14)8-7(12)4-3-6(11)9(8)13/h3-4,14H,5H2,1-2H3. The lowest BCUT2D eigenvalue weighted by Crippen LogP contribution is -2.25. The molecule has 0 fully saturated rings. The van der Waals surface area contributed by atoms with Crippen molar-refractivity contribution in [3.05, 3.63) is 33.8 Å². The van der Waals surface area contributed by atoms with Gasteiger partial charge >= 0.3 is 0 Å². The number of aliphatic hydroxyl groups excluding tert-OH is 1. The molecule has 4 heteroatoms. The fourth-order valence-corrected chi connectivity index (χ4v) is 1.56. The normalized spacial score (nSPS) is 11.9. The summed E-state index contributed by atoms with van der Waals surface area (Å²) in [6, 6.07) is 2.49. The molecule has 1 nitrogen and oxygen atoms in total. The van der Waals surface area contributed by atoms with Crippen molar-refractivity contribution >= 4 is 15.9 Å². The zero-order valence-corrected chi connectivity index (χ0v) is 9.53. The van der Waals surface area contributed by atoms with E-state index in [2.05, 4.69) is 15.9 Å². The highest BCUT2D eigenvalue weighted by atomic mass is 79.9. The smallest absolute Gasteiger partial charge is 0.144 e. The molecule has 0 aliphatic rings. The Balaban J connectivity index is 3.40. The predicted octanol–water partition coefficient (Wildman–Crippen LogP) is 3.00.